The molecule has 2 aliphatic rings. The van der Waals surface area contributed by atoms with Gasteiger partial charge in [0.25, 0.3) is 11.6 Å². The molecule has 1 aliphatic heterocycles. The number of amides is 1. The molecule has 35 heavy (non-hydrogen) atoms. The number of non-ortho nitro benzene ring substituents is 1. The molecule has 3 aromatic rings. The predicted molar refractivity (Wildman–Crippen MR) is 134 cm³/mol. The molecule has 0 radical (unpaired) electrons. The smallest absolute Gasteiger partial charge is 0.269 e. The summed E-state index contributed by atoms with van der Waals surface area (Å²) >= 11 is 0. The number of benzene rings is 3. The van der Waals surface area contributed by atoms with Crippen LogP contribution in [0.25, 0.3) is 0 Å². The molecule has 3 aromatic carbocycles. The van der Waals surface area contributed by atoms with Crippen molar-refractivity contribution in [1.82, 2.24) is 0 Å². The Kier molecular flexibility index (Phi) is 5.47. The highest BCUT2D eigenvalue weighted by Gasteiger charge is 2.43. The fourth-order valence-corrected chi connectivity index (χ4v) is 5.05. The molecule has 0 aromatic heterocycles. The summed E-state index contributed by atoms with van der Waals surface area (Å²) in [6, 6.07) is 21.7. The molecule has 1 aliphatic carbocycles. The number of para-hydroxylation sites is 2. The van der Waals surface area contributed by atoms with Gasteiger partial charge in [0, 0.05) is 35.4 Å². The van der Waals surface area contributed by atoms with Crippen molar-refractivity contribution >= 4 is 28.8 Å². The molecule has 7 heteroatoms. The first-order chi connectivity index (χ1) is 16.7. The van der Waals surface area contributed by atoms with Crippen molar-refractivity contribution in [3.05, 3.63) is 111 Å². The number of nitrogens with zero attached hydrogens (tertiary/aromatic N) is 2. The molecule has 0 saturated carbocycles. The van der Waals surface area contributed by atoms with Gasteiger partial charge < -0.3 is 5.32 Å². The van der Waals surface area contributed by atoms with Crippen molar-refractivity contribution in [1.29, 1.82) is 0 Å². The number of carbonyl (C=O) groups is 2. The second-order valence-corrected chi connectivity index (χ2v) is 9.77. The van der Waals surface area contributed by atoms with Crippen molar-refractivity contribution in [3.63, 3.8) is 0 Å². The molecule has 0 fully saturated rings. The number of Topliss-reactive ketones (excluding diaryl/α,β-unsaturated/α-hetero) is 1. The molecular weight excluding hydrogens is 442 g/mol. The lowest BCUT2D eigenvalue weighted by Gasteiger charge is -2.37. The predicted octanol–water partition coefficient (Wildman–Crippen LogP) is 6.05. The third-order valence-electron chi connectivity index (χ3n) is 6.54. The fraction of sp³-hybridized carbons (Fsp3) is 0.214. The summed E-state index contributed by atoms with van der Waals surface area (Å²) in [5.74, 6) is -0.360. The number of fused-ring (bicyclic) bond motifs is 1. The molecular formula is C28H25N3O4. The second-order valence-electron chi connectivity index (χ2n) is 9.77. The van der Waals surface area contributed by atoms with Crippen LogP contribution in [0.2, 0.25) is 0 Å². The van der Waals surface area contributed by atoms with Gasteiger partial charge in [-0.2, -0.15) is 0 Å². The zero-order valence-corrected chi connectivity index (χ0v) is 19.5. The number of hydrogen-bond donors (Lipinski definition) is 1. The fourth-order valence-electron chi connectivity index (χ4n) is 5.05. The Hall–Kier alpha value is -4.26. The summed E-state index contributed by atoms with van der Waals surface area (Å²) in [7, 11) is 0. The summed E-state index contributed by atoms with van der Waals surface area (Å²) in [6.07, 6.45) is 0.934. The van der Waals surface area contributed by atoms with E-state index in [1.165, 1.54) is 12.1 Å². The SMILES string of the molecule is CC1(C)CC(=O)C2=C(C1)Nc1ccccc1N(C(=O)c1ccccc1)C2c1cccc([N+](=O)[O-])c1. The van der Waals surface area contributed by atoms with E-state index < -0.39 is 11.0 Å². The number of rotatable bonds is 3. The number of nitro benzene ring substituents is 1. The van der Waals surface area contributed by atoms with E-state index in [1.807, 2.05) is 44.2 Å². The largest absolute Gasteiger partial charge is 0.357 e. The summed E-state index contributed by atoms with van der Waals surface area (Å²) in [5.41, 5.74) is 3.17. The van der Waals surface area contributed by atoms with Crippen molar-refractivity contribution in [3.8, 4) is 0 Å². The number of carbonyl (C=O) groups excluding carboxylic acids is 2. The highest BCUT2D eigenvalue weighted by atomic mass is 16.6. The van der Waals surface area contributed by atoms with Gasteiger partial charge in [0.05, 0.1) is 22.3 Å². The number of ketones is 1. The molecule has 1 atom stereocenters. The van der Waals surface area contributed by atoms with E-state index in [9.17, 15) is 19.7 Å². The summed E-state index contributed by atoms with van der Waals surface area (Å²) in [4.78, 5) is 40.5. The average molecular weight is 468 g/mol. The van der Waals surface area contributed by atoms with Crippen LogP contribution in [-0.4, -0.2) is 16.6 Å². The van der Waals surface area contributed by atoms with Crippen molar-refractivity contribution < 1.29 is 14.5 Å². The van der Waals surface area contributed by atoms with E-state index in [2.05, 4.69) is 5.32 Å². The van der Waals surface area contributed by atoms with Crippen LogP contribution in [0.15, 0.2) is 90.1 Å². The van der Waals surface area contributed by atoms with Gasteiger partial charge in [-0.15, -0.1) is 0 Å². The van der Waals surface area contributed by atoms with E-state index in [1.54, 1.807) is 41.3 Å². The number of nitro groups is 1. The molecule has 0 bridgehead atoms. The lowest BCUT2D eigenvalue weighted by molar-refractivity contribution is -0.384. The Morgan fingerprint density at radius 2 is 1.71 bits per heavy atom. The molecule has 7 nitrogen and oxygen atoms in total. The first kappa shape index (κ1) is 22.5. The quantitative estimate of drug-likeness (QED) is 0.374. The van der Waals surface area contributed by atoms with E-state index >= 15 is 0 Å². The van der Waals surface area contributed by atoms with Crippen LogP contribution in [-0.2, 0) is 4.79 Å². The summed E-state index contributed by atoms with van der Waals surface area (Å²) < 4.78 is 0. The van der Waals surface area contributed by atoms with Gasteiger partial charge in [-0.25, -0.2) is 0 Å². The molecule has 5 rings (SSSR count). The number of anilines is 2. The molecule has 176 valence electrons. The first-order valence-electron chi connectivity index (χ1n) is 11.5. The van der Waals surface area contributed by atoms with Crippen LogP contribution in [0, 0.1) is 15.5 Å². The number of allylic oxidation sites excluding steroid dienone is 1. The third-order valence-corrected chi connectivity index (χ3v) is 6.54. The van der Waals surface area contributed by atoms with Gasteiger partial charge in [0.2, 0.25) is 0 Å². The Bertz CT molecular complexity index is 1380. The third kappa shape index (κ3) is 4.10. The lowest BCUT2D eigenvalue weighted by atomic mass is 9.73. The topological polar surface area (TPSA) is 92.6 Å². The maximum Gasteiger partial charge on any atom is 0.269 e. The maximum atomic E-state index is 14.1. The molecule has 1 heterocycles. The van der Waals surface area contributed by atoms with Crippen LogP contribution in [0.5, 0.6) is 0 Å². The van der Waals surface area contributed by atoms with E-state index in [0.717, 1.165) is 5.70 Å². The minimum absolute atomic E-state index is 0.0704. The monoisotopic (exact) mass is 467 g/mol. The van der Waals surface area contributed by atoms with E-state index in [4.69, 9.17) is 0 Å². The highest BCUT2D eigenvalue weighted by molar-refractivity contribution is 6.12. The summed E-state index contributed by atoms with van der Waals surface area (Å²) in [6.45, 7) is 4.09. The second kappa shape index (κ2) is 8.51. The minimum Gasteiger partial charge on any atom is -0.357 e. The van der Waals surface area contributed by atoms with E-state index in [-0.39, 0.29) is 22.8 Å². The van der Waals surface area contributed by atoms with Crippen LogP contribution >= 0.6 is 0 Å². The van der Waals surface area contributed by atoms with Gasteiger partial charge in [-0.05, 0) is 41.7 Å². The van der Waals surface area contributed by atoms with Crippen LogP contribution in [0.3, 0.4) is 0 Å². The Morgan fingerprint density at radius 1 is 1.00 bits per heavy atom. The zero-order valence-electron chi connectivity index (χ0n) is 19.5. The minimum atomic E-state index is -0.822. The van der Waals surface area contributed by atoms with E-state index in [0.29, 0.717) is 40.9 Å². The van der Waals surface area contributed by atoms with Gasteiger partial charge in [0.15, 0.2) is 5.78 Å². The van der Waals surface area contributed by atoms with Crippen molar-refractivity contribution in [2.45, 2.75) is 32.7 Å². The van der Waals surface area contributed by atoms with Crippen molar-refractivity contribution in [2.75, 3.05) is 10.2 Å². The van der Waals surface area contributed by atoms with Crippen LogP contribution in [0.1, 0.15) is 48.7 Å². The molecule has 0 spiro atoms. The van der Waals surface area contributed by atoms with Crippen LogP contribution < -0.4 is 10.2 Å². The molecule has 0 saturated heterocycles. The Labute approximate surface area is 203 Å². The normalized spacial score (nSPS) is 18.7. The lowest BCUT2D eigenvalue weighted by Crippen LogP contribution is -2.39. The summed E-state index contributed by atoms with van der Waals surface area (Å²) in [5, 5.41) is 15.1. The highest BCUT2D eigenvalue weighted by Crippen LogP contribution is 2.48. The van der Waals surface area contributed by atoms with Crippen molar-refractivity contribution in [2.24, 2.45) is 5.41 Å². The first-order valence-corrected chi connectivity index (χ1v) is 11.5. The molecule has 1 unspecified atom stereocenters. The van der Waals surface area contributed by atoms with Gasteiger partial charge >= 0.3 is 0 Å². The zero-order chi connectivity index (χ0) is 24.7. The van der Waals surface area contributed by atoms with Gasteiger partial charge in [-0.1, -0.05) is 56.3 Å². The Balaban J connectivity index is 1.81. The standard InChI is InChI=1S/C28H25N3O4/c1-28(2)16-22-25(24(32)17-28)26(19-11-8-12-20(15-19)31(34)35)30(23-14-7-6-13-21(23)29-22)27(33)18-9-4-3-5-10-18/h3-15,26,29H,16-17H2,1-2H3. The molecule has 1 amide bonds. The average Bonchev–Trinajstić information content (AvgIpc) is 2.97. The Morgan fingerprint density at radius 3 is 2.46 bits per heavy atom. The number of nitrogens with one attached hydrogen (secondary N) is 1. The van der Waals surface area contributed by atoms with Crippen LogP contribution in [0.4, 0.5) is 17.1 Å². The van der Waals surface area contributed by atoms with Gasteiger partial charge in [-0.3, -0.25) is 24.6 Å². The number of hydrogen-bond acceptors (Lipinski definition) is 5. The maximum absolute atomic E-state index is 14.1. The van der Waals surface area contributed by atoms with Gasteiger partial charge in [0.1, 0.15) is 0 Å². The molecule has 1 N–H and O–H groups in total.